The van der Waals surface area contributed by atoms with Crippen LogP contribution >= 0.6 is 23.6 Å². The van der Waals surface area contributed by atoms with Gasteiger partial charge in [0.1, 0.15) is 5.92 Å². The number of nitrogens with one attached hydrogen (secondary N) is 1. The van der Waals surface area contributed by atoms with E-state index in [2.05, 4.69) is 10.3 Å². The Labute approximate surface area is 274 Å². The van der Waals surface area contributed by atoms with Gasteiger partial charge in [-0.2, -0.15) is 0 Å². The zero-order valence-electron chi connectivity index (χ0n) is 26.5. The molecule has 11 nitrogen and oxygen atoms in total. The maximum atomic E-state index is 14.2. The average Bonchev–Trinajstić information content (AvgIpc) is 3.30. The van der Waals surface area contributed by atoms with E-state index in [0.29, 0.717) is 33.2 Å². The van der Waals surface area contributed by atoms with Crippen LogP contribution in [0.1, 0.15) is 50.4 Å². The molecule has 0 unspecified atom stereocenters. The predicted molar refractivity (Wildman–Crippen MR) is 178 cm³/mol. The Kier molecular flexibility index (Phi) is 9.27. The zero-order chi connectivity index (χ0) is 33.4. The minimum absolute atomic E-state index is 0.0436. The fraction of sp³-hybridized carbons (Fsp3) is 0.333. The van der Waals surface area contributed by atoms with Crippen LogP contribution in [0.3, 0.4) is 0 Å². The molecule has 0 saturated carbocycles. The van der Waals surface area contributed by atoms with Crippen molar-refractivity contribution in [3.63, 3.8) is 0 Å². The molecule has 2 atom stereocenters. The summed E-state index contributed by atoms with van der Waals surface area (Å²) in [5.74, 6) is -2.28. The highest BCUT2D eigenvalue weighted by Gasteiger charge is 2.39. The summed E-state index contributed by atoms with van der Waals surface area (Å²) in [6.07, 6.45) is 1.22. The van der Waals surface area contributed by atoms with Crippen LogP contribution < -0.4 is 34.6 Å². The number of thiocarbonyl (C=S) groups is 1. The maximum Gasteiger partial charge on any atom is 0.338 e. The van der Waals surface area contributed by atoms with E-state index in [1.807, 2.05) is 39.8 Å². The van der Waals surface area contributed by atoms with Gasteiger partial charge in [0.2, 0.25) is 11.8 Å². The Morgan fingerprint density at radius 1 is 1.09 bits per heavy atom. The third-order valence-corrected chi connectivity index (χ3v) is 8.94. The quantitative estimate of drug-likeness (QED) is 0.221. The van der Waals surface area contributed by atoms with Crippen LogP contribution in [-0.4, -0.2) is 47.3 Å². The number of methoxy groups -OCH3 is 1. The largest absolute Gasteiger partial charge is 0.493 e. The first-order valence-corrected chi connectivity index (χ1v) is 15.9. The smallest absolute Gasteiger partial charge is 0.338 e. The molecule has 240 valence electrons. The molecule has 0 aliphatic carbocycles. The maximum absolute atomic E-state index is 14.2. The number of aromatic nitrogens is 1. The van der Waals surface area contributed by atoms with Crippen molar-refractivity contribution in [1.29, 1.82) is 0 Å². The van der Waals surface area contributed by atoms with Gasteiger partial charge in [0, 0.05) is 0 Å². The van der Waals surface area contributed by atoms with E-state index in [1.54, 1.807) is 38.1 Å². The Hall–Kier alpha value is -4.62. The van der Waals surface area contributed by atoms with Gasteiger partial charge in [-0.3, -0.25) is 23.9 Å². The molecule has 2 aliphatic rings. The summed E-state index contributed by atoms with van der Waals surface area (Å²) in [5, 5.41) is 2.55. The highest BCUT2D eigenvalue weighted by molar-refractivity contribution is 7.80. The molecule has 46 heavy (non-hydrogen) atoms. The Bertz CT molecular complexity index is 1990. The number of amides is 2. The Balaban J connectivity index is 1.65. The number of nitrogens with zero attached hydrogens (tertiary/aromatic N) is 3. The van der Waals surface area contributed by atoms with Crippen molar-refractivity contribution in [1.82, 2.24) is 9.88 Å². The lowest BCUT2D eigenvalue weighted by Crippen LogP contribution is -2.58. The molecule has 0 radical (unpaired) electrons. The number of esters is 1. The third kappa shape index (κ3) is 5.99. The second-order valence-corrected chi connectivity index (χ2v) is 12.5. The number of hydrogen-bond acceptors (Lipinski definition) is 10. The molecule has 3 aromatic rings. The van der Waals surface area contributed by atoms with Gasteiger partial charge in [-0.1, -0.05) is 23.5 Å². The lowest BCUT2D eigenvalue weighted by molar-refractivity contribution is -0.139. The molecule has 2 aliphatic heterocycles. The van der Waals surface area contributed by atoms with Crippen LogP contribution in [0.5, 0.6) is 11.5 Å². The second kappa shape index (κ2) is 13.0. The second-order valence-electron chi connectivity index (χ2n) is 11.1. The molecule has 13 heteroatoms. The number of rotatable bonds is 8. The third-order valence-electron chi connectivity index (χ3n) is 7.65. The molecule has 1 fully saturated rings. The van der Waals surface area contributed by atoms with Crippen molar-refractivity contribution in [2.75, 3.05) is 18.6 Å². The van der Waals surface area contributed by atoms with Crippen LogP contribution in [0, 0.1) is 19.8 Å². The van der Waals surface area contributed by atoms with E-state index in [9.17, 15) is 19.2 Å². The first kappa shape index (κ1) is 32.8. The number of carbonyl (C=O) groups is 3. The van der Waals surface area contributed by atoms with Gasteiger partial charge in [0.15, 0.2) is 21.4 Å². The molecule has 3 heterocycles. The average molecular weight is 663 g/mol. The molecule has 0 bridgehead atoms. The Morgan fingerprint density at radius 2 is 1.83 bits per heavy atom. The number of allylic oxidation sites excluding steroid dienone is 1. The zero-order valence-corrected chi connectivity index (χ0v) is 28.1. The van der Waals surface area contributed by atoms with Crippen molar-refractivity contribution < 1.29 is 28.6 Å². The van der Waals surface area contributed by atoms with Crippen molar-refractivity contribution in [3.8, 4) is 11.5 Å². The molecule has 1 saturated heterocycles. The number of ether oxygens (including phenoxy) is 3. The number of fused-ring (bicyclic) bond motifs is 1. The molecule has 1 aromatic heterocycles. The van der Waals surface area contributed by atoms with Gasteiger partial charge in [-0.05, 0) is 101 Å². The summed E-state index contributed by atoms with van der Waals surface area (Å²) in [4.78, 5) is 60.4. The predicted octanol–water partition coefficient (Wildman–Crippen LogP) is 3.23. The van der Waals surface area contributed by atoms with Crippen LogP contribution in [0.4, 0.5) is 5.69 Å². The minimum Gasteiger partial charge on any atom is -0.493 e. The van der Waals surface area contributed by atoms with Crippen molar-refractivity contribution in [2.45, 2.75) is 53.7 Å². The summed E-state index contributed by atoms with van der Waals surface area (Å²) >= 11 is 6.37. The van der Waals surface area contributed by atoms with Crippen LogP contribution in [-0.2, 0) is 19.1 Å². The van der Waals surface area contributed by atoms with Gasteiger partial charge in [0.05, 0.1) is 47.4 Å². The Morgan fingerprint density at radius 3 is 2.48 bits per heavy atom. The molecule has 2 amide bonds. The number of anilines is 1. The highest BCUT2D eigenvalue weighted by Crippen LogP contribution is 2.36. The molecule has 0 spiro atoms. The first-order valence-electron chi connectivity index (χ1n) is 14.7. The van der Waals surface area contributed by atoms with Gasteiger partial charge >= 0.3 is 5.97 Å². The minimum atomic E-state index is -1.34. The summed E-state index contributed by atoms with van der Waals surface area (Å²) in [6, 6.07) is 9.67. The summed E-state index contributed by atoms with van der Waals surface area (Å²) in [6.45, 7) is 11.1. The van der Waals surface area contributed by atoms with Gasteiger partial charge in [-0.15, -0.1) is 0 Å². The SMILES string of the molecule is CCOC(=O)C1=C(C)N=c2s/c(=C/[C@H]3C(=O)NC(=S)N(c4ccc(C)c(C)c4)C3=O)c(=O)n2[C@@H]1c1ccc(OC(C)C)c(OC)c1. The fourth-order valence-corrected chi connectivity index (χ4v) is 6.68. The van der Waals surface area contributed by atoms with Gasteiger partial charge < -0.3 is 19.5 Å². The van der Waals surface area contributed by atoms with Crippen LogP contribution in [0.25, 0.3) is 6.08 Å². The normalized spacial score (nSPS) is 18.4. The van der Waals surface area contributed by atoms with Gasteiger partial charge in [0.25, 0.3) is 5.56 Å². The lowest BCUT2D eigenvalue weighted by atomic mass is 9.95. The number of aryl methyl sites for hydroxylation is 2. The molecular weight excluding hydrogens is 629 g/mol. The number of hydrogen-bond donors (Lipinski definition) is 1. The molecule has 1 N–H and O–H groups in total. The van der Waals surface area contributed by atoms with E-state index < -0.39 is 35.3 Å². The molecule has 5 rings (SSSR count). The van der Waals surface area contributed by atoms with E-state index >= 15 is 0 Å². The van der Waals surface area contributed by atoms with E-state index in [0.717, 1.165) is 22.5 Å². The van der Waals surface area contributed by atoms with Crippen molar-refractivity contribution in [3.05, 3.63) is 84.0 Å². The van der Waals surface area contributed by atoms with Crippen molar-refractivity contribution >= 4 is 58.2 Å². The number of thiazole rings is 1. The van der Waals surface area contributed by atoms with E-state index in [1.165, 1.54) is 22.7 Å². The number of carbonyl (C=O) groups excluding carboxylic acids is 3. The van der Waals surface area contributed by atoms with E-state index in [-0.39, 0.29) is 27.9 Å². The molecular formula is C33H34N4O7S2. The monoisotopic (exact) mass is 662 g/mol. The molecule has 2 aromatic carbocycles. The summed E-state index contributed by atoms with van der Waals surface area (Å²) in [5.41, 5.74) is 3.06. The first-order chi connectivity index (χ1) is 21.9. The topological polar surface area (TPSA) is 129 Å². The van der Waals surface area contributed by atoms with E-state index in [4.69, 9.17) is 26.4 Å². The van der Waals surface area contributed by atoms with Crippen LogP contribution in [0.15, 0.2) is 57.5 Å². The number of benzene rings is 2. The van der Waals surface area contributed by atoms with Crippen molar-refractivity contribution in [2.24, 2.45) is 10.9 Å². The fourth-order valence-electron chi connectivity index (χ4n) is 5.32. The standard InChI is InChI=1S/C33H34N4O7S2/c1-8-43-31(41)26-19(6)34-33-37(27(26)20-10-12-23(44-16(2)3)24(14-20)42-7)30(40)25(46-33)15-22-28(38)35-32(45)36(29(22)39)21-11-9-17(4)18(5)13-21/h9-16,22,27H,8H2,1-7H3,(H,35,38,45)/b25-15+/t22-,27+/m0/s1. The van der Waals surface area contributed by atoms with Gasteiger partial charge in [-0.25, -0.2) is 9.79 Å². The summed E-state index contributed by atoms with van der Waals surface area (Å²) in [7, 11) is 1.50. The van der Waals surface area contributed by atoms with Crippen LogP contribution in [0.2, 0.25) is 0 Å². The highest BCUT2D eigenvalue weighted by atomic mass is 32.1. The summed E-state index contributed by atoms with van der Waals surface area (Å²) < 4.78 is 18.3. The lowest BCUT2D eigenvalue weighted by Gasteiger charge is -2.31.